The van der Waals surface area contributed by atoms with Crippen LogP contribution in [0.1, 0.15) is 20.7 Å². The first-order valence-corrected chi connectivity index (χ1v) is 6.65. The molecule has 0 aliphatic rings. The summed E-state index contributed by atoms with van der Waals surface area (Å²) in [6.45, 7) is 0.320. The molecule has 0 aliphatic heterocycles. The maximum absolute atomic E-state index is 11.7. The largest absolute Gasteiger partial charge is 0.460 e. The highest BCUT2D eigenvalue weighted by atomic mass is 35.5. The van der Waals surface area contributed by atoms with Gasteiger partial charge in [0.1, 0.15) is 6.61 Å². The summed E-state index contributed by atoms with van der Waals surface area (Å²) >= 11 is 5.73. The Labute approximate surface area is 126 Å². The van der Waals surface area contributed by atoms with Gasteiger partial charge < -0.3 is 10.1 Å². The summed E-state index contributed by atoms with van der Waals surface area (Å²) in [4.78, 5) is 27.2. The molecule has 0 saturated heterocycles. The Hall–Kier alpha value is -2.40. The van der Waals surface area contributed by atoms with Crippen LogP contribution in [0.2, 0.25) is 5.02 Å². The van der Waals surface area contributed by atoms with Crippen molar-refractivity contribution in [2.75, 3.05) is 13.2 Å². The van der Waals surface area contributed by atoms with E-state index >= 15 is 0 Å². The zero-order valence-corrected chi connectivity index (χ0v) is 11.8. The van der Waals surface area contributed by atoms with Crippen molar-refractivity contribution in [1.29, 1.82) is 0 Å². The fourth-order valence-corrected chi connectivity index (χ4v) is 1.70. The number of amides is 1. The monoisotopic (exact) mass is 304 g/mol. The number of hydrogen-bond donors (Lipinski definition) is 1. The van der Waals surface area contributed by atoms with Crippen LogP contribution in [-0.4, -0.2) is 30.0 Å². The lowest BCUT2D eigenvalue weighted by atomic mass is 10.2. The Morgan fingerprint density at radius 2 is 1.90 bits per heavy atom. The second-order valence-electron chi connectivity index (χ2n) is 4.14. The lowest BCUT2D eigenvalue weighted by Gasteiger charge is -2.06. The average molecular weight is 305 g/mol. The van der Waals surface area contributed by atoms with Gasteiger partial charge in [-0.25, -0.2) is 4.79 Å². The molecular weight excluding hydrogens is 292 g/mol. The fourth-order valence-electron chi connectivity index (χ4n) is 1.58. The topological polar surface area (TPSA) is 68.3 Å². The van der Waals surface area contributed by atoms with Gasteiger partial charge in [0.15, 0.2) is 0 Å². The van der Waals surface area contributed by atoms with E-state index < -0.39 is 5.97 Å². The maximum Gasteiger partial charge on any atom is 0.338 e. The van der Waals surface area contributed by atoms with Crippen molar-refractivity contribution >= 4 is 23.5 Å². The van der Waals surface area contributed by atoms with E-state index in [9.17, 15) is 9.59 Å². The summed E-state index contributed by atoms with van der Waals surface area (Å²) in [6, 6.07) is 9.72. The van der Waals surface area contributed by atoms with Gasteiger partial charge in [-0.3, -0.25) is 9.78 Å². The third-order valence-corrected chi connectivity index (χ3v) is 2.88. The lowest BCUT2D eigenvalue weighted by Crippen LogP contribution is -2.28. The molecule has 0 radical (unpaired) electrons. The third kappa shape index (κ3) is 4.57. The van der Waals surface area contributed by atoms with E-state index in [-0.39, 0.29) is 19.1 Å². The van der Waals surface area contributed by atoms with E-state index in [1.54, 1.807) is 42.6 Å². The first kappa shape index (κ1) is 15.0. The molecular formula is C15H13ClN2O3. The van der Waals surface area contributed by atoms with Gasteiger partial charge in [-0.1, -0.05) is 11.6 Å². The number of nitrogens with one attached hydrogen (secondary N) is 1. The van der Waals surface area contributed by atoms with Crippen LogP contribution in [-0.2, 0) is 4.74 Å². The van der Waals surface area contributed by atoms with E-state index in [1.165, 1.54) is 6.20 Å². The molecule has 1 amide bonds. The fraction of sp³-hybridized carbons (Fsp3) is 0.133. The summed E-state index contributed by atoms with van der Waals surface area (Å²) in [6.07, 6.45) is 3.06. The number of nitrogens with zero attached hydrogens (tertiary/aromatic N) is 1. The summed E-state index contributed by atoms with van der Waals surface area (Å²) in [5.74, 6) is -0.715. The molecule has 0 spiro atoms. The van der Waals surface area contributed by atoms with Crippen molar-refractivity contribution in [2.45, 2.75) is 0 Å². The van der Waals surface area contributed by atoms with E-state index in [1.807, 2.05) is 0 Å². The zero-order valence-electron chi connectivity index (χ0n) is 11.1. The van der Waals surface area contributed by atoms with Crippen LogP contribution in [0.5, 0.6) is 0 Å². The summed E-state index contributed by atoms with van der Waals surface area (Å²) in [5, 5.41) is 3.19. The van der Waals surface area contributed by atoms with Crippen LogP contribution >= 0.6 is 11.6 Å². The zero-order chi connectivity index (χ0) is 15.1. The number of pyridine rings is 1. The van der Waals surface area contributed by atoms with E-state index in [2.05, 4.69) is 10.3 Å². The summed E-state index contributed by atoms with van der Waals surface area (Å²) in [5.41, 5.74) is 0.875. The van der Waals surface area contributed by atoms with Crippen LogP contribution in [0.15, 0.2) is 48.8 Å². The van der Waals surface area contributed by atoms with E-state index in [4.69, 9.17) is 16.3 Å². The smallest absolute Gasteiger partial charge is 0.338 e. The first-order chi connectivity index (χ1) is 10.2. The number of ether oxygens (including phenoxy) is 1. The van der Waals surface area contributed by atoms with Crippen LogP contribution < -0.4 is 5.32 Å². The number of carbonyl (C=O) groups excluding carboxylic acids is 2. The predicted molar refractivity (Wildman–Crippen MR) is 78.3 cm³/mol. The molecule has 0 saturated carbocycles. The number of rotatable bonds is 5. The normalized spacial score (nSPS) is 9.95. The molecule has 6 heteroatoms. The van der Waals surface area contributed by atoms with Crippen molar-refractivity contribution in [3.05, 3.63) is 64.9 Å². The van der Waals surface area contributed by atoms with Gasteiger partial charge in [0, 0.05) is 17.4 Å². The van der Waals surface area contributed by atoms with Crippen molar-refractivity contribution < 1.29 is 14.3 Å². The molecule has 1 N–H and O–H groups in total. The van der Waals surface area contributed by atoms with Gasteiger partial charge in [-0.15, -0.1) is 0 Å². The molecule has 0 unspecified atom stereocenters. The first-order valence-electron chi connectivity index (χ1n) is 6.28. The molecule has 1 aromatic carbocycles. The molecule has 1 heterocycles. The second-order valence-corrected chi connectivity index (χ2v) is 4.58. The van der Waals surface area contributed by atoms with Crippen LogP contribution in [0.4, 0.5) is 0 Å². The van der Waals surface area contributed by atoms with E-state index in [0.717, 1.165) is 0 Å². The Kier molecular flexibility index (Phi) is 5.29. The van der Waals surface area contributed by atoms with Crippen LogP contribution in [0.3, 0.4) is 0 Å². The Balaban J connectivity index is 1.73. The van der Waals surface area contributed by atoms with Crippen molar-refractivity contribution in [3.8, 4) is 0 Å². The highest BCUT2D eigenvalue weighted by molar-refractivity contribution is 6.30. The summed E-state index contributed by atoms with van der Waals surface area (Å²) in [7, 11) is 0. The molecule has 5 nitrogen and oxygen atoms in total. The minimum atomic E-state index is -0.456. The molecule has 0 atom stereocenters. The molecule has 21 heavy (non-hydrogen) atoms. The Bertz CT molecular complexity index is 615. The highest BCUT2D eigenvalue weighted by Gasteiger charge is 2.08. The number of benzene rings is 1. The molecule has 0 bridgehead atoms. The average Bonchev–Trinajstić information content (AvgIpc) is 2.52. The molecule has 0 fully saturated rings. The van der Waals surface area contributed by atoms with Gasteiger partial charge in [0.05, 0.1) is 17.7 Å². The van der Waals surface area contributed by atoms with Crippen LogP contribution in [0, 0.1) is 0 Å². The van der Waals surface area contributed by atoms with Crippen LogP contribution in [0.25, 0.3) is 0 Å². The maximum atomic E-state index is 11.7. The third-order valence-electron chi connectivity index (χ3n) is 2.62. The molecule has 2 aromatic rings. The number of hydrogen-bond acceptors (Lipinski definition) is 4. The number of aromatic nitrogens is 1. The lowest BCUT2D eigenvalue weighted by molar-refractivity contribution is 0.0503. The van der Waals surface area contributed by atoms with Gasteiger partial charge in [0.2, 0.25) is 0 Å². The summed E-state index contributed by atoms with van der Waals surface area (Å²) < 4.78 is 5.04. The van der Waals surface area contributed by atoms with Gasteiger partial charge >= 0.3 is 5.97 Å². The van der Waals surface area contributed by atoms with E-state index in [0.29, 0.717) is 16.1 Å². The number of esters is 1. The molecule has 108 valence electrons. The SMILES string of the molecule is O=C(NCCOC(=O)c1ccc(Cl)cc1)c1cccnc1. The molecule has 0 aliphatic carbocycles. The van der Waals surface area contributed by atoms with Crippen molar-refractivity contribution in [3.63, 3.8) is 0 Å². The second kappa shape index (κ2) is 7.40. The van der Waals surface area contributed by atoms with Gasteiger partial charge in [0.25, 0.3) is 5.91 Å². The highest BCUT2D eigenvalue weighted by Crippen LogP contribution is 2.10. The standard InChI is InChI=1S/C15H13ClN2O3/c16-13-5-3-11(4-6-13)15(20)21-9-8-18-14(19)12-2-1-7-17-10-12/h1-7,10H,8-9H2,(H,18,19). The molecule has 2 rings (SSSR count). The van der Waals surface area contributed by atoms with Gasteiger partial charge in [-0.05, 0) is 36.4 Å². The molecule has 1 aromatic heterocycles. The number of carbonyl (C=O) groups is 2. The predicted octanol–water partition coefficient (Wildman–Crippen LogP) is 2.32. The quantitative estimate of drug-likeness (QED) is 0.680. The minimum Gasteiger partial charge on any atom is -0.460 e. The van der Waals surface area contributed by atoms with Gasteiger partial charge in [-0.2, -0.15) is 0 Å². The number of halogens is 1. The Morgan fingerprint density at radius 3 is 2.57 bits per heavy atom. The Morgan fingerprint density at radius 1 is 1.14 bits per heavy atom. The minimum absolute atomic E-state index is 0.0907. The van der Waals surface area contributed by atoms with Crippen molar-refractivity contribution in [2.24, 2.45) is 0 Å². The van der Waals surface area contributed by atoms with Crippen molar-refractivity contribution in [1.82, 2.24) is 10.3 Å².